The first-order chi connectivity index (χ1) is 12.3. The lowest BCUT2D eigenvalue weighted by atomic mass is 10.2. The van der Waals surface area contributed by atoms with Gasteiger partial charge in [0.15, 0.2) is 0 Å². The van der Waals surface area contributed by atoms with Crippen LogP contribution in [0.3, 0.4) is 0 Å². The van der Waals surface area contributed by atoms with Crippen LogP contribution in [0.5, 0.6) is 0 Å². The van der Waals surface area contributed by atoms with Gasteiger partial charge in [-0.25, -0.2) is 4.39 Å². The zero-order valence-electron chi connectivity index (χ0n) is 14.9. The van der Waals surface area contributed by atoms with Crippen LogP contribution in [-0.2, 0) is 4.79 Å². The second-order valence-electron chi connectivity index (χ2n) is 6.18. The standard InChI is InChI=1S/C14H14ClFN4O2.C3H8O/c1-8(13(21)20-5-2-6-20)17-14-19-18-12(22-14)9-3-4-10(15)11(16)7-9;1-3(2)4/h3-4,7-8H,2,5-6H2,1H3,(H,17,19);3-4H,1-2H3/t8-;/m1./s1. The van der Waals surface area contributed by atoms with E-state index in [9.17, 15) is 9.18 Å². The molecule has 7 nitrogen and oxygen atoms in total. The normalized spacial score (nSPS) is 14.3. The molecule has 2 N–H and O–H groups in total. The highest BCUT2D eigenvalue weighted by atomic mass is 35.5. The van der Waals surface area contributed by atoms with Gasteiger partial charge in [-0.3, -0.25) is 4.79 Å². The van der Waals surface area contributed by atoms with Crippen molar-refractivity contribution in [3.05, 3.63) is 29.0 Å². The maximum Gasteiger partial charge on any atom is 0.316 e. The maximum absolute atomic E-state index is 13.4. The summed E-state index contributed by atoms with van der Waals surface area (Å²) in [5, 5.41) is 18.6. The summed E-state index contributed by atoms with van der Waals surface area (Å²) in [6.45, 7) is 6.74. The van der Waals surface area contributed by atoms with Crippen molar-refractivity contribution in [2.75, 3.05) is 18.4 Å². The Bertz CT molecular complexity index is 747. The van der Waals surface area contributed by atoms with E-state index in [-0.39, 0.29) is 28.9 Å². The highest BCUT2D eigenvalue weighted by Gasteiger charge is 2.26. The molecule has 0 radical (unpaired) electrons. The molecule has 1 saturated heterocycles. The molecule has 9 heteroatoms. The van der Waals surface area contributed by atoms with Gasteiger partial charge in [0, 0.05) is 24.8 Å². The number of aromatic nitrogens is 2. The highest BCUT2D eigenvalue weighted by Crippen LogP contribution is 2.24. The van der Waals surface area contributed by atoms with Gasteiger partial charge >= 0.3 is 6.01 Å². The molecule has 1 amide bonds. The van der Waals surface area contributed by atoms with Crippen LogP contribution < -0.4 is 5.32 Å². The first kappa shape index (κ1) is 20.1. The summed E-state index contributed by atoms with van der Waals surface area (Å²) < 4.78 is 18.8. The number of nitrogens with one attached hydrogen (secondary N) is 1. The molecular formula is C17H22ClFN4O3. The van der Waals surface area contributed by atoms with E-state index >= 15 is 0 Å². The number of rotatable bonds is 4. The Morgan fingerprint density at radius 1 is 1.35 bits per heavy atom. The van der Waals surface area contributed by atoms with Gasteiger partial charge in [-0.15, -0.1) is 5.10 Å². The first-order valence-corrected chi connectivity index (χ1v) is 8.68. The molecule has 1 atom stereocenters. The van der Waals surface area contributed by atoms with Crippen LogP contribution in [-0.4, -0.2) is 51.3 Å². The fourth-order valence-electron chi connectivity index (χ4n) is 2.08. The van der Waals surface area contributed by atoms with Gasteiger partial charge < -0.3 is 19.7 Å². The average Bonchev–Trinajstić information content (AvgIpc) is 2.96. The smallest absolute Gasteiger partial charge is 0.316 e. The number of anilines is 1. The number of hydrogen-bond acceptors (Lipinski definition) is 6. The number of amides is 1. The minimum atomic E-state index is -0.562. The second-order valence-corrected chi connectivity index (χ2v) is 6.59. The number of halogens is 2. The minimum absolute atomic E-state index is 0.0106. The summed E-state index contributed by atoms with van der Waals surface area (Å²) in [7, 11) is 0. The predicted molar refractivity (Wildman–Crippen MR) is 96.3 cm³/mol. The molecule has 0 bridgehead atoms. The lowest BCUT2D eigenvalue weighted by molar-refractivity contribution is -0.135. The van der Waals surface area contributed by atoms with E-state index in [1.165, 1.54) is 12.1 Å². The van der Waals surface area contributed by atoms with Gasteiger partial charge in [0.2, 0.25) is 11.8 Å². The fourth-order valence-corrected chi connectivity index (χ4v) is 2.20. The summed E-state index contributed by atoms with van der Waals surface area (Å²) in [4.78, 5) is 13.8. The van der Waals surface area contributed by atoms with Gasteiger partial charge in [-0.2, -0.15) is 0 Å². The Hall–Kier alpha value is -2.19. The molecule has 1 aliphatic heterocycles. The summed E-state index contributed by atoms with van der Waals surface area (Å²) >= 11 is 5.63. The summed E-state index contributed by atoms with van der Waals surface area (Å²) in [6, 6.07) is 3.87. The Morgan fingerprint density at radius 2 is 2.00 bits per heavy atom. The number of benzene rings is 1. The van der Waals surface area contributed by atoms with Crippen molar-refractivity contribution >= 4 is 23.5 Å². The van der Waals surface area contributed by atoms with Gasteiger partial charge in [0.05, 0.1) is 5.02 Å². The molecule has 0 saturated carbocycles. The second kappa shape index (κ2) is 8.95. The van der Waals surface area contributed by atoms with Crippen molar-refractivity contribution in [2.24, 2.45) is 0 Å². The van der Waals surface area contributed by atoms with Crippen molar-refractivity contribution < 1.29 is 18.7 Å². The number of aliphatic hydroxyl groups is 1. The molecule has 1 aromatic carbocycles. The van der Waals surface area contributed by atoms with Gasteiger partial charge in [-0.05, 0) is 45.4 Å². The number of carbonyl (C=O) groups excluding carboxylic acids is 1. The molecule has 1 aliphatic rings. The summed E-state index contributed by atoms with van der Waals surface area (Å²) in [5.74, 6) is -0.418. The molecule has 1 fully saturated rings. The van der Waals surface area contributed by atoms with E-state index in [1.54, 1.807) is 31.7 Å². The predicted octanol–water partition coefficient (Wildman–Crippen LogP) is 2.95. The van der Waals surface area contributed by atoms with E-state index in [2.05, 4.69) is 15.5 Å². The molecule has 0 spiro atoms. The van der Waals surface area contributed by atoms with Crippen LogP contribution in [0.15, 0.2) is 22.6 Å². The van der Waals surface area contributed by atoms with E-state index < -0.39 is 11.9 Å². The van der Waals surface area contributed by atoms with Crippen molar-refractivity contribution in [2.45, 2.75) is 39.3 Å². The van der Waals surface area contributed by atoms with E-state index in [0.29, 0.717) is 5.56 Å². The average molecular weight is 385 g/mol. The maximum atomic E-state index is 13.4. The molecule has 0 aliphatic carbocycles. The largest absolute Gasteiger partial charge is 0.403 e. The first-order valence-electron chi connectivity index (χ1n) is 8.30. The third-order valence-corrected chi connectivity index (χ3v) is 3.78. The molecule has 26 heavy (non-hydrogen) atoms. The highest BCUT2D eigenvalue weighted by molar-refractivity contribution is 6.30. The van der Waals surface area contributed by atoms with Crippen LogP contribution >= 0.6 is 11.6 Å². The van der Waals surface area contributed by atoms with E-state index in [0.717, 1.165) is 19.5 Å². The third kappa shape index (κ3) is 5.40. The number of aliphatic hydroxyl groups excluding tert-OH is 1. The molecular weight excluding hydrogens is 363 g/mol. The van der Waals surface area contributed by atoms with Crippen LogP contribution in [0.4, 0.5) is 10.4 Å². The number of carbonyl (C=O) groups is 1. The quantitative estimate of drug-likeness (QED) is 0.842. The van der Waals surface area contributed by atoms with Crippen LogP contribution in [0, 0.1) is 5.82 Å². The summed E-state index contributed by atoms with van der Waals surface area (Å²) in [5.41, 5.74) is 0.421. The minimum Gasteiger partial charge on any atom is -0.403 e. The number of nitrogens with zero attached hydrogens (tertiary/aromatic N) is 3. The molecule has 2 aromatic rings. The summed E-state index contributed by atoms with van der Waals surface area (Å²) in [6.07, 6.45) is 0.866. The Labute approximate surface area is 156 Å². The Morgan fingerprint density at radius 3 is 2.54 bits per heavy atom. The lowest BCUT2D eigenvalue weighted by Gasteiger charge is -2.33. The molecule has 3 rings (SSSR count). The topological polar surface area (TPSA) is 91.5 Å². The van der Waals surface area contributed by atoms with Crippen LogP contribution in [0.1, 0.15) is 27.2 Å². The monoisotopic (exact) mass is 384 g/mol. The third-order valence-electron chi connectivity index (χ3n) is 3.47. The van der Waals surface area contributed by atoms with E-state index in [4.69, 9.17) is 21.1 Å². The Kier molecular flexibility index (Phi) is 6.93. The van der Waals surface area contributed by atoms with Gasteiger partial charge in [0.1, 0.15) is 11.9 Å². The molecule has 142 valence electrons. The fraction of sp³-hybridized carbons (Fsp3) is 0.471. The van der Waals surface area contributed by atoms with E-state index in [1.807, 2.05) is 0 Å². The Balaban J connectivity index is 0.000000552. The molecule has 2 heterocycles. The van der Waals surface area contributed by atoms with Crippen molar-refractivity contribution in [1.29, 1.82) is 0 Å². The van der Waals surface area contributed by atoms with Crippen molar-refractivity contribution in [3.8, 4) is 11.5 Å². The molecule has 0 unspecified atom stereocenters. The zero-order chi connectivity index (χ0) is 19.3. The van der Waals surface area contributed by atoms with Crippen molar-refractivity contribution in [1.82, 2.24) is 15.1 Å². The molecule has 1 aromatic heterocycles. The van der Waals surface area contributed by atoms with Crippen LogP contribution in [0.2, 0.25) is 5.02 Å². The number of likely N-dealkylation sites (tertiary alicyclic amines) is 1. The van der Waals surface area contributed by atoms with Gasteiger partial charge in [0.25, 0.3) is 0 Å². The van der Waals surface area contributed by atoms with Crippen molar-refractivity contribution in [3.63, 3.8) is 0 Å². The number of hydrogen-bond donors (Lipinski definition) is 2. The zero-order valence-corrected chi connectivity index (χ0v) is 15.6. The lowest BCUT2D eigenvalue weighted by Crippen LogP contribution is -2.48. The van der Waals surface area contributed by atoms with Gasteiger partial charge in [-0.1, -0.05) is 16.7 Å². The SMILES string of the molecule is CC(C)O.C[C@@H](Nc1nnc(-c2ccc(Cl)c(F)c2)o1)C(=O)N1CCC1. The van der Waals surface area contributed by atoms with Crippen LogP contribution in [0.25, 0.3) is 11.5 Å².